The summed E-state index contributed by atoms with van der Waals surface area (Å²) in [6.07, 6.45) is 2.29. The summed E-state index contributed by atoms with van der Waals surface area (Å²) >= 11 is 0. The predicted molar refractivity (Wildman–Crippen MR) is 125 cm³/mol. The lowest BCUT2D eigenvalue weighted by molar-refractivity contribution is 0.1000. The Balaban J connectivity index is 0.00000280. The molecule has 28 heavy (non-hydrogen) atoms. The quantitative estimate of drug-likeness (QED) is 0.369. The average Bonchev–Trinajstić information content (AvgIpc) is 3.14. The number of guanidine groups is 1. The Kier molecular flexibility index (Phi) is 8.76. The zero-order valence-electron chi connectivity index (χ0n) is 16.3. The smallest absolute Gasteiger partial charge is 0.248 e. The Morgan fingerprint density at radius 1 is 1.18 bits per heavy atom. The van der Waals surface area contributed by atoms with Crippen molar-refractivity contribution in [3.05, 3.63) is 71.3 Å². The molecule has 5 nitrogen and oxygen atoms in total. The molecule has 0 aromatic heterocycles. The first-order valence-corrected chi connectivity index (χ1v) is 9.61. The molecule has 2 aromatic carbocycles. The van der Waals surface area contributed by atoms with Crippen LogP contribution in [0.15, 0.2) is 59.6 Å². The molecule has 6 heteroatoms. The third kappa shape index (κ3) is 6.22. The summed E-state index contributed by atoms with van der Waals surface area (Å²) in [5.41, 5.74) is 8.28. The van der Waals surface area contributed by atoms with Crippen molar-refractivity contribution in [2.24, 2.45) is 16.6 Å². The maximum Gasteiger partial charge on any atom is 0.248 e. The van der Waals surface area contributed by atoms with Crippen molar-refractivity contribution >= 4 is 35.8 Å². The molecule has 3 rings (SSSR count). The first-order valence-electron chi connectivity index (χ1n) is 9.61. The number of nitrogens with zero attached hydrogens (tertiary/aromatic N) is 2. The van der Waals surface area contributed by atoms with Gasteiger partial charge >= 0.3 is 0 Å². The van der Waals surface area contributed by atoms with Gasteiger partial charge in [-0.1, -0.05) is 42.5 Å². The van der Waals surface area contributed by atoms with Crippen LogP contribution < -0.4 is 11.1 Å². The Labute approximate surface area is 184 Å². The highest BCUT2D eigenvalue weighted by atomic mass is 127. The predicted octanol–water partition coefficient (Wildman–Crippen LogP) is 3.43. The number of carbonyl (C=O) groups is 1. The van der Waals surface area contributed by atoms with E-state index in [1.165, 1.54) is 12.0 Å². The van der Waals surface area contributed by atoms with E-state index in [2.05, 4.69) is 47.5 Å². The van der Waals surface area contributed by atoms with Crippen molar-refractivity contribution in [3.8, 4) is 0 Å². The monoisotopic (exact) mass is 492 g/mol. The Hall–Kier alpha value is -2.09. The summed E-state index contributed by atoms with van der Waals surface area (Å²) < 4.78 is 0. The van der Waals surface area contributed by atoms with Crippen LogP contribution in [0.2, 0.25) is 0 Å². The minimum Gasteiger partial charge on any atom is -0.366 e. The number of benzene rings is 2. The van der Waals surface area contributed by atoms with Gasteiger partial charge in [0.05, 0.1) is 6.54 Å². The van der Waals surface area contributed by atoms with Crippen molar-refractivity contribution in [1.29, 1.82) is 0 Å². The van der Waals surface area contributed by atoms with Gasteiger partial charge in [0, 0.05) is 25.2 Å². The van der Waals surface area contributed by atoms with Crippen molar-refractivity contribution in [2.45, 2.75) is 26.3 Å². The average molecular weight is 492 g/mol. The van der Waals surface area contributed by atoms with E-state index in [9.17, 15) is 4.79 Å². The Bertz CT molecular complexity index is 794. The molecule has 0 aliphatic carbocycles. The van der Waals surface area contributed by atoms with Crippen molar-refractivity contribution in [3.63, 3.8) is 0 Å². The van der Waals surface area contributed by atoms with Gasteiger partial charge in [0.25, 0.3) is 0 Å². The summed E-state index contributed by atoms with van der Waals surface area (Å²) in [6.45, 7) is 5.48. The number of hydrogen-bond acceptors (Lipinski definition) is 2. The summed E-state index contributed by atoms with van der Waals surface area (Å²) in [5.74, 6) is 1.18. The van der Waals surface area contributed by atoms with Crippen LogP contribution in [0.25, 0.3) is 0 Å². The van der Waals surface area contributed by atoms with Crippen molar-refractivity contribution < 1.29 is 4.79 Å². The molecule has 0 spiro atoms. The first-order chi connectivity index (χ1) is 13.2. The SMILES string of the molecule is CCNC(=NCc1cccc(C(N)=O)c1)N1CCC(Cc2ccccc2)C1.I. The molecule has 1 amide bonds. The van der Waals surface area contributed by atoms with Gasteiger partial charge in [-0.25, -0.2) is 4.99 Å². The van der Waals surface area contributed by atoms with E-state index in [0.29, 0.717) is 18.0 Å². The highest BCUT2D eigenvalue weighted by molar-refractivity contribution is 14.0. The Morgan fingerprint density at radius 2 is 1.93 bits per heavy atom. The van der Waals surface area contributed by atoms with Gasteiger partial charge in [0.15, 0.2) is 5.96 Å². The number of likely N-dealkylation sites (tertiary alicyclic amines) is 1. The van der Waals surface area contributed by atoms with E-state index in [0.717, 1.165) is 37.6 Å². The van der Waals surface area contributed by atoms with E-state index in [4.69, 9.17) is 10.7 Å². The maximum atomic E-state index is 11.4. The molecule has 1 aliphatic rings. The van der Waals surface area contributed by atoms with Crippen LogP contribution in [0.3, 0.4) is 0 Å². The lowest BCUT2D eigenvalue weighted by Gasteiger charge is -2.22. The van der Waals surface area contributed by atoms with E-state index >= 15 is 0 Å². The number of carbonyl (C=O) groups excluding carboxylic acids is 1. The summed E-state index contributed by atoms with van der Waals surface area (Å²) in [6, 6.07) is 18.1. The molecule has 3 N–H and O–H groups in total. The molecule has 2 aromatic rings. The lowest BCUT2D eigenvalue weighted by Crippen LogP contribution is -2.40. The van der Waals surface area contributed by atoms with E-state index < -0.39 is 5.91 Å². The Morgan fingerprint density at radius 3 is 2.64 bits per heavy atom. The van der Waals surface area contributed by atoms with Crippen LogP contribution in [0, 0.1) is 5.92 Å². The molecule has 0 radical (unpaired) electrons. The molecule has 0 bridgehead atoms. The van der Waals surface area contributed by atoms with Gasteiger partial charge in [-0.2, -0.15) is 0 Å². The highest BCUT2D eigenvalue weighted by Gasteiger charge is 2.24. The summed E-state index contributed by atoms with van der Waals surface area (Å²) in [7, 11) is 0. The van der Waals surface area contributed by atoms with Gasteiger partial charge < -0.3 is 16.0 Å². The van der Waals surface area contributed by atoms with E-state index in [1.807, 2.05) is 18.2 Å². The van der Waals surface area contributed by atoms with Crippen LogP contribution in [0.4, 0.5) is 0 Å². The molecule has 1 heterocycles. The number of rotatable bonds is 6. The first kappa shape index (κ1) is 22.2. The molecule has 0 saturated carbocycles. The van der Waals surface area contributed by atoms with Crippen molar-refractivity contribution in [2.75, 3.05) is 19.6 Å². The summed E-state index contributed by atoms with van der Waals surface area (Å²) in [4.78, 5) is 18.5. The number of amides is 1. The second-order valence-corrected chi connectivity index (χ2v) is 7.03. The number of primary amides is 1. The molecule has 1 unspecified atom stereocenters. The minimum absolute atomic E-state index is 0. The largest absolute Gasteiger partial charge is 0.366 e. The van der Waals surface area contributed by atoms with Gasteiger partial charge in [-0.15, -0.1) is 24.0 Å². The minimum atomic E-state index is -0.406. The highest BCUT2D eigenvalue weighted by Crippen LogP contribution is 2.21. The van der Waals surface area contributed by atoms with Gasteiger partial charge in [0.2, 0.25) is 5.91 Å². The maximum absolute atomic E-state index is 11.4. The topological polar surface area (TPSA) is 70.7 Å². The molecule has 150 valence electrons. The second kappa shape index (κ2) is 11.0. The zero-order valence-corrected chi connectivity index (χ0v) is 18.6. The molecule has 1 aliphatic heterocycles. The standard InChI is InChI=1S/C22H28N4O.HI/c1-2-24-22(25-15-18-9-6-10-20(14-18)21(23)27)26-12-11-19(16-26)13-17-7-4-3-5-8-17;/h3-10,14,19H,2,11-13,15-16H2,1H3,(H2,23,27)(H,24,25);1H. The number of nitrogens with two attached hydrogens (primary N) is 1. The number of aliphatic imine (C=N–C) groups is 1. The van der Waals surface area contributed by atoms with E-state index in [1.54, 1.807) is 6.07 Å². The third-order valence-electron chi connectivity index (χ3n) is 4.91. The zero-order chi connectivity index (χ0) is 19.1. The fourth-order valence-corrected chi connectivity index (χ4v) is 3.55. The van der Waals surface area contributed by atoms with Crippen molar-refractivity contribution in [1.82, 2.24) is 10.2 Å². The fraction of sp³-hybridized carbons (Fsp3) is 0.364. The van der Waals surface area contributed by atoms with Crippen LogP contribution in [0.1, 0.15) is 34.8 Å². The molecular weight excluding hydrogens is 463 g/mol. The van der Waals surface area contributed by atoms with Gasteiger partial charge in [-0.3, -0.25) is 4.79 Å². The second-order valence-electron chi connectivity index (χ2n) is 7.03. The molecule has 1 saturated heterocycles. The van der Waals surface area contributed by atoms with Crippen LogP contribution in [-0.4, -0.2) is 36.4 Å². The van der Waals surface area contributed by atoms with E-state index in [-0.39, 0.29) is 24.0 Å². The normalized spacial score (nSPS) is 16.5. The van der Waals surface area contributed by atoms with Gasteiger partial charge in [-0.05, 0) is 48.9 Å². The fourth-order valence-electron chi connectivity index (χ4n) is 3.55. The van der Waals surface area contributed by atoms with Crippen LogP contribution in [-0.2, 0) is 13.0 Å². The number of nitrogens with one attached hydrogen (secondary N) is 1. The van der Waals surface area contributed by atoms with Crippen LogP contribution >= 0.6 is 24.0 Å². The molecule has 1 atom stereocenters. The third-order valence-corrected chi connectivity index (χ3v) is 4.91. The number of halogens is 1. The lowest BCUT2D eigenvalue weighted by atomic mass is 9.99. The van der Waals surface area contributed by atoms with Crippen LogP contribution in [0.5, 0.6) is 0 Å². The number of hydrogen-bond donors (Lipinski definition) is 2. The van der Waals surface area contributed by atoms with Gasteiger partial charge in [0.1, 0.15) is 0 Å². The molecular formula is C22H29IN4O. The summed E-state index contributed by atoms with van der Waals surface area (Å²) in [5, 5.41) is 3.40. The molecule has 1 fully saturated rings.